The molecule has 5 nitrogen and oxygen atoms in total. The van der Waals surface area contributed by atoms with Crippen LogP contribution in [0.5, 0.6) is 5.75 Å². The summed E-state index contributed by atoms with van der Waals surface area (Å²) in [5.74, 6) is 0.346. The van der Waals surface area contributed by atoms with E-state index in [1.54, 1.807) is 19.1 Å². The Balaban J connectivity index is 2.09. The number of fused-ring (bicyclic) bond motifs is 1. The minimum Gasteiger partial charge on any atom is -0.420 e. The predicted molar refractivity (Wildman–Crippen MR) is 101 cm³/mol. The highest BCUT2D eigenvalue weighted by atomic mass is 32.2. The Kier molecular flexibility index (Phi) is 4.64. The summed E-state index contributed by atoms with van der Waals surface area (Å²) in [6, 6.07) is 14.0. The molecule has 0 fully saturated rings. The Bertz CT molecular complexity index is 1040. The summed E-state index contributed by atoms with van der Waals surface area (Å²) >= 11 is 1.12. The van der Waals surface area contributed by atoms with Gasteiger partial charge in [0.15, 0.2) is 0 Å². The summed E-state index contributed by atoms with van der Waals surface area (Å²) in [5, 5.41) is 1.34. The molecule has 0 aromatic heterocycles. The number of aryl methyl sites for hydroxylation is 2. The van der Waals surface area contributed by atoms with Gasteiger partial charge in [0.25, 0.3) is 10.1 Å². The van der Waals surface area contributed by atoms with Gasteiger partial charge in [0.05, 0.1) is 16.9 Å². The number of anilines is 1. The van der Waals surface area contributed by atoms with Crippen molar-refractivity contribution in [2.24, 2.45) is 0 Å². The van der Waals surface area contributed by atoms with Crippen molar-refractivity contribution >= 4 is 38.6 Å². The molecule has 0 bridgehead atoms. The SMILES string of the molecule is Cc1ccc(SOc2cc(S(=O)(=O)O)cc3c(C)c(N)ccc23)cc1. The third-order valence-corrected chi connectivity index (χ3v) is 5.49. The van der Waals surface area contributed by atoms with Crippen LogP contribution in [-0.2, 0) is 10.1 Å². The molecule has 0 saturated heterocycles. The van der Waals surface area contributed by atoms with E-state index < -0.39 is 10.1 Å². The minimum absolute atomic E-state index is 0.229. The predicted octanol–water partition coefficient (Wildman–Crippen LogP) is 4.37. The maximum atomic E-state index is 11.6. The number of benzene rings is 3. The quantitative estimate of drug-likeness (QED) is 0.400. The smallest absolute Gasteiger partial charge is 0.294 e. The lowest BCUT2D eigenvalue weighted by Gasteiger charge is -2.12. The topological polar surface area (TPSA) is 89.6 Å². The van der Waals surface area contributed by atoms with Crippen LogP contribution in [0.1, 0.15) is 11.1 Å². The molecule has 3 rings (SSSR count). The molecule has 0 aliphatic rings. The molecule has 0 amide bonds. The fourth-order valence-electron chi connectivity index (χ4n) is 2.44. The van der Waals surface area contributed by atoms with Crippen molar-refractivity contribution in [3.05, 3.63) is 59.7 Å². The molecule has 130 valence electrons. The number of hydrogen-bond donors (Lipinski definition) is 2. The summed E-state index contributed by atoms with van der Waals surface area (Å²) in [6.45, 7) is 3.79. The third-order valence-electron chi connectivity index (χ3n) is 3.93. The highest BCUT2D eigenvalue weighted by Crippen LogP contribution is 2.36. The van der Waals surface area contributed by atoms with Crippen LogP contribution >= 0.6 is 12.0 Å². The van der Waals surface area contributed by atoms with Gasteiger partial charge in [-0.1, -0.05) is 17.7 Å². The minimum atomic E-state index is -4.37. The van der Waals surface area contributed by atoms with Crippen molar-refractivity contribution < 1.29 is 17.2 Å². The van der Waals surface area contributed by atoms with Crippen LogP contribution in [0.3, 0.4) is 0 Å². The maximum Gasteiger partial charge on any atom is 0.294 e. The summed E-state index contributed by atoms with van der Waals surface area (Å²) < 4.78 is 38.4. The van der Waals surface area contributed by atoms with Crippen molar-refractivity contribution in [2.45, 2.75) is 23.6 Å². The molecule has 3 N–H and O–H groups in total. The van der Waals surface area contributed by atoms with E-state index in [4.69, 9.17) is 9.92 Å². The van der Waals surface area contributed by atoms with Crippen LogP contribution < -0.4 is 9.92 Å². The molecule has 7 heteroatoms. The number of hydrogen-bond acceptors (Lipinski definition) is 5. The first-order valence-electron chi connectivity index (χ1n) is 7.47. The Morgan fingerprint density at radius 2 is 1.68 bits per heavy atom. The van der Waals surface area contributed by atoms with Crippen molar-refractivity contribution in [3.8, 4) is 5.75 Å². The molecule has 0 aliphatic heterocycles. The van der Waals surface area contributed by atoms with E-state index in [2.05, 4.69) is 0 Å². The van der Waals surface area contributed by atoms with Crippen LogP contribution in [0, 0.1) is 13.8 Å². The molecular formula is C18H17NO4S2. The average Bonchev–Trinajstić information content (AvgIpc) is 2.56. The lowest BCUT2D eigenvalue weighted by Crippen LogP contribution is -2.00. The zero-order chi connectivity index (χ0) is 18.2. The van der Waals surface area contributed by atoms with E-state index in [1.165, 1.54) is 12.1 Å². The van der Waals surface area contributed by atoms with Crippen molar-refractivity contribution in [1.82, 2.24) is 0 Å². The molecule has 0 saturated carbocycles. The van der Waals surface area contributed by atoms with Gasteiger partial charge in [0.2, 0.25) is 0 Å². The summed E-state index contributed by atoms with van der Waals surface area (Å²) in [4.78, 5) is 0.649. The van der Waals surface area contributed by atoms with Gasteiger partial charge in [-0.3, -0.25) is 4.55 Å². The van der Waals surface area contributed by atoms with E-state index in [9.17, 15) is 13.0 Å². The fraction of sp³-hybridized carbons (Fsp3) is 0.111. The first-order valence-corrected chi connectivity index (χ1v) is 9.65. The second-order valence-electron chi connectivity index (χ2n) is 5.75. The van der Waals surface area contributed by atoms with Crippen LogP contribution in [0.15, 0.2) is 58.3 Å². The van der Waals surface area contributed by atoms with Gasteiger partial charge in [0, 0.05) is 22.0 Å². The molecule has 3 aromatic carbocycles. The normalized spacial score (nSPS) is 11.6. The second kappa shape index (κ2) is 6.59. The lowest BCUT2D eigenvalue weighted by molar-refractivity contribution is 0.482. The van der Waals surface area contributed by atoms with E-state index in [-0.39, 0.29) is 4.90 Å². The number of nitrogen functional groups attached to an aromatic ring is 1. The summed E-state index contributed by atoms with van der Waals surface area (Å²) in [7, 11) is -4.37. The molecule has 0 heterocycles. The highest BCUT2D eigenvalue weighted by molar-refractivity contribution is 7.95. The first kappa shape index (κ1) is 17.6. The molecule has 0 spiro atoms. The van der Waals surface area contributed by atoms with Gasteiger partial charge in [0.1, 0.15) is 5.75 Å². The highest BCUT2D eigenvalue weighted by Gasteiger charge is 2.16. The molecule has 0 unspecified atom stereocenters. The van der Waals surface area contributed by atoms with E-state index in [0.29, 0.717) is 16.8 Å². The van der Waals surface area contributed by atoms with Crippen LogP contribution in [0.4, 0.5) is 5.69 Å². The molecule has 0 atom stereocenters. The zero-order valence-electron chi connectivity index (χ0n) is 13.7. The average molecular weight is 375 g/mol. The van der Waals surface area contributed by atoms with Crippen LogP contribution in [0.25, 0.3) is 10.8 Å². The molecular weight excluding hydrogens is 358 g/mol. The fourth-order valence-corrected chi connectivity index (χ4v) is 3.54. The van der Waals surface area contributed by atoms with E-state index in [0.717, 1.165) is 33.5 Å². The third kappa shape index (κ3) is 3.73. The van der Waals surface area contributed by atoms with Gasteiger partial charge in [-0.25, -0.2) is 0 Å². The maximum absolute atomic E-state index is 11.6. The van der Waals surface area contributed by atoms with E-state index >= 15 is 0 Å². The van der Waals surface area contributed by atoms with Gasteiger partial charge >= 0.3 is 0 Å². The number of rotatable bonds is 4. The first-order chi connectivity index (χ1) is 11.8. The summed E-state index contributed by atoms with van der Waals surface area (Å²) in [5.41, 5.74) is 8.32. The standard InChI is InChI=1S/C18H17NO4S2/c1-11-3-5-13(6-4-11)24-23-18-10-14(25(20,21)22)9-16-12(2)17(19)8-7-15(16)18/h3-10H,19H2,1-2H3,(H,20,21,22). The Labute approximate surface area is 150 Å². The van der Waals surface area contributed by atoms with Gasteiger partial charge < -0.3 is 9.92 Å². The lowest BCUT2D eigenvalue weighted by atomic mass is 10.0. The molecule has 3 aromatic rings. The van der Waals surface area contributed by atoms with Crippen molar-refractivity contribution in [2.75, 3.05) is 5.73 Å². The van der Waals surface area contributed by atoms with Gasteiger partial charge in [-0.05, 0) is 55.1 Å². The second-order valence-corrected chi connectivity index (χ2v) is 7.98. The summed E-state index contributed by atoms with van der Waals surface area (Å²) in [6.07, 6.45) is 0. The van der Waals surface area contributed by atoms with Crippen molar-refractivity contribution in [1.29, 1.82) is 0 Å². The van der Waals surface area contributed by atoms with Gasteiger partial charge in [-0.2, -0.15) is 8.42 Å². The largest absolute Gasteiger partial charge is 0.420 e. The molecule has 25 heavy (non-hydrogen) atoms. The Morgan fingerprint density at radius 3 is 2.32 bits per heavy atom. The Morgan fingerprint density at radius 1 is 1.00 bits per heavy atom. The number of nitrogens with two attached hydrogens (primary N) is 1. The molecule has 0 radical (unpaired) electrons. The van der Waals surface area contributed by atoms with Gasteiger partial charge in [-0.15, -0.1) is 0 Å². The zero-order valence-corrected chi connectivity index (χ0v) is 15.3. The van der Waals surface area contributed by atoms with Crippen LogP contribution in [-0.4, -0.2) is 13.0 Å². The molecule has 0 aliphatic carbocycles. The Hall–Kier alpha value is -2.22. The van der Waals surface area contributed by atoms with Crippen LogP contribution in [0.2, 0.25) is 0 Å². The van der Waals surface area contributed by atoms with Crippen molar-refractivity contribution in [3.63, 3.8) is 0 Å². The monoisotopic (exact) mass is 375 g/mol. The van der Waals surface area contributed by atoms with E-state index in [1.807, 2.05) is 31.2 Å².